The van der Waals surface area contributed by atoms with Crippen molar-refractivity contribution in [1.82, 2.24) is 4.72 Å². The van der Waals surface area contributed by atoms with Gasteiger partial charge in [-0.2, -0.15) is 0 Å². The topological polar surface area (TPSA) is 78.9 Å². The number of fused-ring (bicyclic) bond motifs is 1. The maximum Gasteiger partial charge on any atom is 0.263 e. The van der Waals surface area contributed by atoms with Gasteiger partial charge in [0, 0.05) is 42.0 Å². The fourth-order valence-corrected chi connectivity index (χ4v) is 6.65. The zero-order chi connectivity index (χ0) is 29.9. The number of rotatable bonds is 12. The van der Waals surface area contributed by atoms with Gasteiger partial charge < -0.3 is 14.7 Å². The fourth-order valence-electron chi connectivity index (χ4n) is 5.92. The van der Waals surface area contributed by atoms with Crippen LogP contribution in [0.15, 0.2) is 36.4 Å². The maximum absolute atomic E-state index is 13.0. The standard InChI is InChI=1S/C32H45ClN2O3S.CH4O/c1-5-7-8-10-23-11-12-26(23)19-35-20-27(29-15-14-28(33)17-24(29)9-6-2)21-38-31-16-13-25(18-30(31)35)32(36)34-39(37)22(3)4;1-2/h13-18,22-23,26-27H,5-12,19-21H2,1-4H3,(H,34,36);2H,1H3. The van der Waals surface area contributed by atoms with Crippen LogP contribution in [0.4, 0.5) is 5.69 Å². The minimum atomic E-state index is -1.42. The summed E-state index contributed by atoms with van der Waals surface area (Å²) in [5.41, 5.74) is 4.08. The summed E-state index contributed by atoms with van der Waals surface area (Å²) in [6, 6.07) is 11.9. The summed E-state index contributed by atoms with van der Waals surface area (Å²) >= 11 is 6.39. The Bertz CT molecular complexity index is 1160. The Morgan fingerprint density at radius 2 is 1.85 bits per heavy atom. The lowest BCUT2D eigenvalue weighted by Crippen LogP contribution is -2.40. The van der Waals surface area contributed by atoms with Crippen LogP contribution in [-0.4, -0.2) is 47.3 Å². The maximum atomic E-state index is 13.0. The third-order valence-electron chi connectivity index (χ3n) is 8.34. The van der Waals surface area contributed by atoms with E-state index in [1.54, 1.807) is 6.07 Å². The van der Waals surface area contributed by atoms with Crippen LogP contribution in [0, 0.1) is 11.8 Å². The molecule has 0 radical (unpaired) electrons. The van der Waals surface area contributed by atoms with E-state index in [-0.39, 0.29) is 17.1 Å². The van der Waals surface area contributed by atoms with E-state index in [9.17, 15) is 9.00 Å². The Morgan fingerprint density at radius 3 is 2.51 bits per heavy atom. The van der Waals surface area contributed by atoms with Crippen molar-refractivity contribution >= 4 is 34.2 Å². The molecule has 0 bridgehead atoms. The summed E-state index contributed by atoms with van der Waals surface area (Å²) in [7, 11) is -0.419. The smallest absolute Gasteiger partial charge is 0.263 e. The molecule has 41 heavy (non-hydrogen) atoms. The summed E-state index contributed by atoms with van der Waals surface area (Å²) in [6.07, 6.45) is 9.78. The van der Waals surface area contributed by atoms with Gasteiger partial charge in [-0.05, 0) is 86.4 Å². The number of carbonyl (C=O) groups is 1. The molecular formula is C33H49ClN2O4S. The minimum Gasteiger partial charge on any atom is -0.491 e. The molecule has 4 rings (SSSR count). The van der Waals surface area contributed by atoms with E-state index in [1.165, 1.54) is 49.7 Å². The first-order valence-electron chi connectivity index (χ1n) is 15.3. The number of benzene rings is 2. The summed E-state index contributed by atoms with van der Waals surface area (Å²) in [6.45, 7) is 10.5. The van der Waals surface area contributed by atoms with Crippen molar-refractivity contribution in [3.63, 3.8) is 0 Å². The highest BCUT2D eigenvalue weighted by molar-refractivity contribution is 7.84. The van der Waals surface area contributed by atoms with E-state index in [0.29, 0.717) is 18.1 Å². The molecule has 1 amide bonds. The van der Waals surface area contributed by atoms with Gasteiger partial charge in [-0.1, -0.05) is 63.6 Å². The first kappa shape index (κ1) is 33.4. The average molecular weight is 605 g/mol. The second kappa shape index (κ2) is 16.5. The lowest BCUT2D eigenvalue weighted by Gasteiger charge is -2.41. The average Bonchev–Trinajstić information content (AvgIpc) is 3.13. The molecular weight excluding hydrogens is 556 g/mol. The number of aryl methyl sites for hydroxylation is 1. The number of halogens is 1. The molecule has 4 atom stereocenters. The van der Waals surface area contributed by atoms with Gasteiger partial charge >= 0.3 is 0 Å². The highest BCUT2D eigenvalue weighted by Crippen LogP contribution is 2.42. The van der Waals surface area contributed by atoms with Crippen molar-refractivity contribution in [2.75, 3.05) is 31.7 Å². The monoisotopic (exact) mass is 604 g/mol. The van der Waals surface area contributed by atoms with Crippen LogP contribution in [0.2, 0.25) is 5.02 Å². The first-order valence-corrected chi connectivity index (χ1v) is 16.9. The van der Waals surface area contributed by atoms with Gasteiger partial charge in [0.25, 0.3) is 5.91 Å². The number of hydrogen-bond donors (Lipinski definition) is 2. The van der Waals surface area contributed by atoms with Gasteiger partial charge in [0.15, 0.2) is 0 Å². The van der Waals surface area contributed by atoms with E-state index >= 15 is 0 Å². The fraction of sp³-hybridized carbons (Fsp3) is 0.606. The summed E-state index contributed by atoms with van der Waals surface area (Å²) in [4.78, 5) is 15.4. The lowest BCUT2D eigenvalue weighted by atomic mass is 9.71. The largest absolute Gasteiger partial charge is 0.491 e. The molecule has 1 fully saturated rings. The van der Waals surface area contributed by atoms with Crippen molar-refractivity contribution in [1.29, 1.82) is 0 Å². The first-order chi connectivity index (χ1) is 19.8. The van der Waals surface area contributed by atoms with Gasteiger partial charge in [-0.3, -0.25) is 9.52 Å². The molecule has 8 heteroatoms. The zero-order valence-corrected chi connectivity index (χ0v) is 27.0. The third-order valence-corrected chi connectivity index (χ3v) is 9.81. The van der Waals surface area contributed by atoms with E-state index < -0.39 is 11.0 Å². The second-order valence-electron chi connectivity index (χ2n) is 11.6. The van der Waals surface area contributed by atoms with Gasteiger partial charge in [0.05, 0.1) is 12.3 Å². The highest BCUT2D eigenvalue weighted by atomic mass is 35.5. The Balaban J connectivity index is 0.00000226. The third kappa shape index (κ3) is 8.95. The van der Waals surface area contributed by atoms with E-state index in [2.05, 4.69) is 35.6 Å². The Labute approximate surface area is 254 Å². The molecule has 0 aromatic heterocycles. The Hall–Kier alpha value is -2.09. The van der Waals surface area contributed by atoms with Gasteiger partial charge in [-0.25, -0.2) is 4.21 Å². The van der Waals surface area contributed by atoms with Crippen LogP contribution in [0.5, 0.6) is 5.75 Å². The number of unbranched alkanes of at least 4 members (excludes halogenated alkanes) is 2. The summed E-state index contributed by atoms with van der Waals surface area (Å²) < 4.78 is 21.4. The van der Waals surface area contributed by atoms with Crippen LogP contribution < -0.4 is 14.4 Å². The molecule has 1 aliphatic heterocycles. The SMILES string of the molecule is CCCCCC1CCC1CN1CC(c2ccc(Cl)cc2CCC)COc2ccc(C(=O)NS(=O)C(C)C)cc21.CO. The molecule has 0 spiro atoms. The lowest BCUT2D eigenvalue weighted by molar-refractivity contribution is 0.0982. The number of amides is 1. The molecule has 1 aliphatic carbocycles. The molecule has 228 valence electrons. The molecule has 2 aromatic carbocycles. The second-order valence-corrected chi connectivity index (χ2v) is 13.7. The van der Waals surface area contributed by atoms with E-state index in [1.807, 2.05) is 32.0 Å². The predicted octanol–water partition coefficient (Wildman–Crippen LogP) is 7.29. The number of ether oxygens (including phenoxy) is 1. The van der Waals surface area contributed by atoms with Gasteiger partial charge in [-0.15, -0.1) is 0 Å². The molecule has 2 aliphatic rings. The summed E-state index contributed by atoms with van der Waals surface area (Å²) in [5, 5.41) is 7.63. The molecule has 6 nitrogen and oxygen atoms in total. The van der Waals surface area contributed by atoms with Crippen molar-refractivity contribution in [2.45, 2.75) is 90.2 Å². The molecule has 2 N–H and O–H groups in total. The van der Waals surface area contributed by atoms with Crippen molar-refractivity contribution in [3.05, 3.63) is 58.1 Å². The van der Waals surface area contributed by atoms with Crippen LogP contribution in [-0.2, 0) is 17.4 Å². The van der Waals surface area contributed by atoms with Crippen molar-refractivity contribution < 1.29 is 18.8 Å². The number of aliphatic hydroxyl groups excluding tert-OH is 1. The van der Waals surface area contributed by atoms with Crippen molar-refractivity contribution in [3.8, 4) is 5.75 Å². The van der Waals surface area contributed by atoms with Crippen LogP contribution in [0.1, 0.15) is 100 Å². The number of aliphatic hydroxyl groups is 1. The van der Waals surface area contributed by atoms with Crippen LogP contribution >= 0.6 is 11.6 Å². The quantitative estimate of drug-likeness (QED) is 0.249. The van der Waals surface area contributed by atoms with Crippen molar-refractivity contribution in [2.24, 2.45) is 11.8 Å². The van der Waals surface area contributed by atoms with Gasteiger partial charge in [0.2, 0.25) is 0 Å². The number of hydrogen-bond acceptors (Lipinski definition) is 5. The van der Waals surface area contributed by atoms with Gasteiger partial charge in [0.1, 0.15) is 16.7 Å². The highest BCUT2D eigenvalue weighted by Gasteiger charge is 2.34. The van der Waals surface area contributed by atoms with E-state index in [4.69, 9.17) is 21.4 Å². The number of anilines is 1. The normalized spacial score (nSPS) is 20.6. The number of nitrogens with one attached hydrogen (secondary N) is 1. The Morgan fingerprint density at radius 1 is 1.10 bits per heavy atom. The Kier molecular flexibility index (Phi) is 13.5. The van der Waals surface area contributed by atoms with Crippen LogP contribution in [0.3, 0.4) is 0 Å². The number of nitrogens with zero attached hydrogens (tertiary/aromatic N) is 1. The number of carbonyl (C=O) groups excluding carboxylic acids is 1. The molecule has 0 saturated heterocycles. The van der Waals surface area contributed by atoms with Crippen LogP contribution in [0.25, 0.3) is 0 Å². The molecule has 1 heterocycles. The molecule has 2 aromatic rings. The summed E-state index contributed by atoms with van der Waals surface area (Å²) in [5.74, 6) is 2.12. The van der Waals surface area contributed by atoms with E-state index in [0.717, 1.165) is 55.4 Å². The zero-order valence-electron chi connectivity index (χ0n) is 25.5. The molecule has 4 unspecified atom stereocenters. The predicted molar refractivity (Wildman–Crippen MR) is 172 cm³/mol. The minimum absolute atomic E-state index is 0.143. The molecule has 1 saturated carbocycles.